The highest BCUT2D eigenvalue weighted by atomic mass is 16.6. The topological polar surface area (TPSA) is 86.5 Å². The molecule has 158 valence electrons. The van der Waals surface area contributed by atoms with Crippen LogP contribution in [0.25, 0.3) is 0 Å². The van der Waals surface area contributed by atoms with Gasteiger partial charge in [-0.25, -0.2) is 4.79 Å². The molecule has 0 radical (unpaired) electrons. The Morgan fingerprint density at radius 2 is 1.57 bits per heavy atom. The number of methoxy groups -OCH3 is 3. The lowest BCUT2D eigenvalue weighted by Gasteiger charge is -2.39. The molecule has 2 rings (SSSR count). The SMILES string of the molecule is COc1cc(C(CN)N2CCN(C(=O)OC(C)(C)C)CC2)cc(OC)c1OC. The van der Waals surface area contributed by atoms with E-state index in [9.17, 15) is 4.79 Å². The van der Waals surface area contributed by atoms with Gasteiger partial charge in [0.25, 0.3) is 0 Å². The summed E-state index contributed by atoms with van der Waals surface area (Å²) in [4.78, 5) is 16.3. The lowest BCUT2D eigenvalue weighted by atomic mass is 10.0. The van der Waals surface area contributed by atoms with Crippen molar-refractivity contribution in [2.75, 3.05) is 54.1 Å². The van der Waals surface area contributed by atoms with Gasteiger partial charge in [-0.1, -0.05) is 0 Å². The molecule has 0 saturated carbocycles. The molecule has 1 aliphatic rings. The van der Waals surface area contributed by atoms with Crippen LogP contribution in [-0.4, -0.2) is 75.5 Å². The minimum atomic E-state index is -0.496. The van der Waals surface area contributed by atoms with E-state index in [0.717, 1.165) is 5.56 Å². The molecule has 8 heteroatoms. The van der Waals surface area contributed by atoms with Gasteiger partial charge in [0.2, 0.25) is 5.75 Å². The fraction of sp³-hybridized carbons (Fsp3) is 0.650. The summed E-state index contributed by atoms with van der Waals surface area (Å²) in [5.41, 5.74) is 6.60. The first kappa shape index (κ1) is 22.1. The minimum absolute atomic E-state index is 0.0190. The van der Waals surface area contributed by atoms with Gasteiger partial charge >= 0.3 is 6.09 Å². The van der Waals surface area contributed by atoms with Gasteiger partial charge in [0.15, 0.2) is 11.5 Å². The normalized spacial score (nSPS) is 16.5. The van der Waals surface area contributed by atoms with Crippen molar-refractivity contribution in [1.29, 1.82) is 0 Å². The Labute approximate surface area is 167 Å². The number of rotatable bonds is 6. The first-order valence-electron chi connectivity index (χ1n) is 9.46. The van der Waals surface area contributed by atoms with Gasteiger partial charge < -0.3 is 29.6 Å². The lowest BCUT2D eigenvalue weighted by molar-refractivity contribution is 0.0106. The van der Waals surface area contributed by atoms with E-state index in [1.165, 1.54) is 0 Å². The first-order chi connectivity index (χ1) is 13.2. The van der Waals surface area contributed by atoms with E-state index in [1.54, 1.807) is 26.2 Å². The summed E-state index contributed by atoms with van der Waals surface area (Å²) < 4.78 is 21.8. The molecular weight excluding hydrogens is 362 g/mol. The molecule has 0 aromatic heterocycles. The van der Waals surface area contributed by atoms with Crippen molar-refractivity contribution in [3.8, 4) is 17.2 Å². The van der Waals surface area contributed by atoms with E-state index in [-0.39, 0.29) is 12.1 Å². The van der Waals surface area contributed by atoms with Crippen LogP contribution in [0.4, 0.5) is 4.79 Å². The largest absolute Gasteiger partial charge is 0.493 e. The molecule has 1 atom stereocenters. The van der Waals surface area contributed by atoms with E-state index in [1.807, 2.05) is 32.9 Å². The molecule has 28 heavy (non-hydrogen) atoms. The standard InChI is InChI=1S/C20H33N3O5/c1-20(2,3)28-19(24)23-9-7-22(8-10-23)15(13-21)14-11-16(25-4)18(27-6)17(12-14)26-5/h11-12,15H,7-10,13,21H2,1-6H3. The molecule has 1 unspecified atom stereocenters. The first-order valence-corrected chi connectivity index (χ1v) is 9.46. The van der Waals surface area contributed by atoms with Crippen LogP contribution in [0.5, 0.6) is 17.2 Å². The summed E-state index contributed by atoms with van der Waals surface area (Å²) in [6.07, 6.45) is -0.274. The maximum Gasteiger partial charge on any atom is 0.410 e. The highest BCUT2D eigenvalue weighted by Crippen LogP contribution is 2.40. The van der Waals surface area contributed by atoms with Gasteiger partial charge in [-0.15, -0.1) is 0 Å². The zero-order valence-corrected chi connectivity index (χ0v) is 17.8. The minimum Gasteiger partial charge on any atom is -0.493 e. The van der Waals surface area contributed by atoms with Gasteiger partial charge in [-0.05, 0) is 38.5 Å². The van der Waals surface area contributed by atoms with E-state index < -0.39 is 5.60 Å². The summed E-state index contributed by atoms with van der Waals surface area (Å²) in [5.74, 6) is 1.75. The average Bonchev–Trinajstić information content (AvgIpc) is 2.66. The summed E-state index contributed by atoms with van der Waals surface area (Å²) in [5, 5.41) is 0. The number of benzene rings is 1. The molecule has 2 N–H and O–H groups in total. The van der Waals surface area contributed by atoms with Crippen molar-refractivity contribution in [2.24, 2.45) is 5.73 Å². The van der Waals surface area contributed by atoms with Crippen LogP contribution in [0.15, 0.2) is 12.1 Å². The summed E-state index contributed by atoms with van der Waals surface area (Å²) in [6.45, 7) is 8.65. The molecule has 8 nitrogen and oxygen atoms in total. The Morgan fingerprint density at radius 3 is 1.96 bits per heavy atom. The number of ether oxygens (including phenoxy) is 4. The second kappa shape index (κ2) is 9.34. The van der Waals surface area contributed by atoms with E-state index in [2.05, 4.69) is 4.90 Å². The Kier molecular flexibility index (Phi) is 7.37. The van der Waals surface area contributed by atoms with Crippen molar-refractivity contribution in [3.05, 3.63) is 17.7 Å². The molecule has 1 heterocycles. The highest BCUT2D eigenvalue weighted by Gasteiger charge is 2.30. The second-order valence-corrected chi connectivity index (χ2v) is 7.71. The second-order valence-electron chi connectivity index (χ2n) is 7.71. The van der Waals surface area contributed by atoms with Crippen LogP contribution in [0.1, 0.15) is 32.4 Å². The van der Waals surface area contributed by atoms with Gasteiger partial charge in [0.05, 0.1) is 21.3 Å². The van der Waals surface area contributed by atoms with E-state index in [4.69, 9.17) is 24.7 Å². The number of hydrogen-bond acceptors (Lipinski definition) is 7. The third kappa shape index (κ3) is 5.20. The number of carbonyl (C=O) groups excluding carboxylic acids is 1. The molecule has 1 amide bonds. The Balaban J connectivity index is 2.14. The molecule has 1 aromatic rings. The van der Waals surface area contributed by atoms with Crippen LogP contribution < -0.4 is 19.9 Å². The van der Waals surface area contributed by atoms with Crippen LogP contribution in [0.2, 0.25) is 0 Å². The molecule has 0 spiro atoms. The van der Waals surface area contributed by atoms with Gasteiger partial charge in [0, 0.05) is 38.8 Å². The van der Waals surface area contributed by atoms with Crippen molar-refractivity contribution < 1.29 is 23.7 Å². The van der Waals surface area contributed by atoms with Gasteiger partial charge in [-0.3, -0.25) is 4.90 Å². The van der Waals surface area contributed by atoms with Crippen LogP contribution in [0, 0.1) is 0 Å². The smallest absolute Gasteiger partial charge is 0.410 e. The zero-order chi connectivity index (χ0) is 20.9. The Hall–Kier alpha value is -2.19. The predicted molar refractivity (Wildman–Crippen MR) is 107 cm³/mol. The third-order valence-corrected chi connectivity index (χ3v) is 4.70. The number of carbonyl (C=O) groups is 1. The molecule has 0 aliphatic carbocycles. The number of nitrogens with zero attached hydrogens (tertiary/aromatic N) is 2. The number of nitrogens with two attached hydrogens (primary N) is 1. The van der Waals surface area contributed by atoms with Gasteiger partial charge in [-0.2, -0.15) is 0 Å². The maximum atomic E-state index is 12.3. The summed E-state index contributed by atoms with van der Waals surface area (Å²) in [7, 11) is 4.77. The highest BCUT2D eigenvalue weighted by molar-refractivity contribution is 5.68. The fourth-order valence-corrected chi connectivity index (χ4v) is 3.33. The van der Waals surface area contributed by atoms with Crippen molar-refractivity contribution >= 4 is 6.09 Å². The van der Waals surface area contributed by atoms with Crippen molar-refractivity contribution in [1.82, 2.24) is 9.80 Å². The van der Waals surface area contributed by atoms with Crippen LogP contribution >= 0.6 is 0 Å². The Bertz CT molecular complexity index is 641. The average molecular weight is 396 g/mol. The van der Waals surface area contributed by atoms with Crippen LogP contribution in [-0.2, 0) is 4.74 Å². The third-order valence-electron chi connectivity index (χ3n) is 4.70. The summed E-state index contributed by atoms with van der Waals surface area (Å²) in [6, 6.07) is 3.84. The van der Waals surface area contributed by atoms with E-state index >= 15 is 0 Å². The van der Waals surface area contributed by atoms with Gasteiger partial charge in [0.1, 0.15) is 5.60 Å². The van der Waals surface area contributed by atoms with Crippen molar-refractivity contribution in [3.63, 3.8) is 0 Å². The van der Waals surface area contributed by atoms with E-state index in [0.29, 0.717) is 50.0 Å². The molecular formula is C20H33N3O5. The fourth-order valence-electron chi connectivity index (χ4n) is 3.33. The molecule has 1 aromatic carbocycles. The maximum absolute atomic E-state index is 12.3. The Morgan fingerprint density at radius 1 is 1.04 bits per heavy atom. The zero-order valence-electron chi connectivity index (χ0n) is 17.8. The number of piperazine rings is 1. The molecule has 1 fully saturated rings. The molecule has 1 aliphatic heterocycles. The quantitative estimate of drug-likeness (QED) is 0.791. The number of hydrogen-bond donors (Lipinski definition) is 1. The number of amides is 1. The molecule has 1 saturated heterocycles. The van der Waals surface area contributed by atoms with Crippen LogP contribution in [0.3, 0.4) is 0 Å². The van der Waals surface area contributed by atoms with Crippen molar-refractivity contribution in [2.45, 2.75) is 32.4 Å². The monoisotopic (exact) mass is 395 g/mol. The summed E-state index contributed by atoms with van der Waals surface area (Å²) >= 11 is 0. The molecule has 0 bridgehead atoms. The predicted octanol–water partition coefficient (Wildman–Crippen LogP) is 2.26. The lowest BCUT2D eigenvalue weighted by Crippen LogP contribution is -2.51.